The molecule has 2 heterocycles. The number of carbonyl (C=O) groups is 1. The third-order valence-corrected chi connectivity index (χ3v) is 3.86. The maximum Gasteiger partial charge on any atom is 0.322 e. The lowest BCUT2D eigenvalue weighted by atomic mass is 10.1. The Morgan fingerprint density at radius 1 is 1.15 bits per heavy atom. The summed E-state index contributed by atoms with van der Waals surface area (Å²) in [6, 6.07) is 15.4. The monoisotopic (exact) mass is 360 g/mol. The van der Waals surface area contributed by atoms with E-state index in [2.05, 4.69) is 15.5 Å². The number of nitrogens with one attached hydrogen (secondary N) is 1. The average molecular weight is 360 g/mol. The Balaban J connectivity index is 1.56. The standard InChI is InChI=1S/C19H12N4O4/c1-25-14-4-2-3-13-9-15(26-16(13)14)18-22-23-19(27-18)21-17(24)12-7-5-11(10-20)6-8-12/h2-9H,1H3,(H,21,23,24). The molecule has 2 aromatic carbocycles. The van der Waals surface area contributed by atoms with Crippen LogP contribution in [0.15, 0.2) is 57.4 Å². The molecule has 0 aliphatic carbocycles. The number of furan rings is 1. The van der Waals surface area contributed by atoms with Crippen LogP contribution in [0.5, 0.6) is 5.75 Å². The molecule has 0 saturated carbocycles. The Kier molecular flexibility index (Phi) is 4.03. The number of fused-ring (bicyclic) bond motifs is 1. The number of hydrogen-bond donors (Lipinski definition) is 1. The number of anilines is 1. The molecule has 8 heteroatoms. The maximum atomic E-state index is 12.2. The molecule has 0 saturated heterocycles. The van der Waals surface area contributed by atoms with Crippen molar-refractivity contribution >= 4 is 22.9 Å². The number of rotatable bonds is 4. The molecule has 8 nitrogen and oxygen atoms in total. The van der Waals surface area contributed by atoms with Crippen molar-refractivity contribution in [3.8, 4) is 23.5 Å². The third kappa shape index (κ3) is 3.09. The van der Waals surface area contributed by atoms with Crippen molar-refractivity contribution in [2.24, 2.45) is 0 Å². The highest BCUT2D eigenvalue weighted by Crippen LogP contribution is 2.33. The van der Waals surface area contributed by atoms with Crippen LogP contribution < -0.4 is 10.1 Å². The molecular weight excluding hydrogens is 348 g/mol. The van der Waals surface area contributed by atoms with Gasteiger partial charge < -0.3 is 13.6 Å². The first kappa shape index (κ1) is 16.4. The highest BCUT2D eigenvalue weighted by atomic mass is 16.5. The Morgan fingerprint density at radius 2 is 1.96 bits per heavy atom. The van der Waals surface area contributed by atoms with Crippen LogP contribution in [0.3, 0.4) is 0 Å². The zero-order chi connectivity index (χ0) is 18.8. The first-order valence-corrected chi connectivity index (χ1v) is 7.90. The minimum atomic E-state index is -0.430. The predicted octanol–water partition coefficient (Wildman–Crippen LogP) is 3.62. The minimum absolute atomic E-state index is 0.0632. The summed E-state index contributed by atoms with van der Waals surface area (Å²) >= 11 is 0. The Bertz CT molecular complexity index is 1170. The zero-order valence-corrected chi connectivity index (χ0v) is 14.1. The number of carbonyl (C=O) groups excluding carboxylic acids is 1. The van der Waals surface area contributed by atoms with Gasteiger partial charge in [0.05, 0.1) is 18.7 Å². The fourth-order valence-corrected chi connectivity index (χ4v) is 2.54. The van der Waals surface area contributed by atoms with Crippen molar-refractivity contribution in [1.29, 1.82) is 5.26 Å². The highest BCUT2D eigenvalue weighted by Gasteiger charge is 2.17. The number of nitriles is 1. The zero-order valence-electron chi connectivity index (χ0n) is 14.1. The maximum absolute atomic E-state index is 12.2. The van der Waals surface area contributed by atoms with E-state index >= 15 is 0 Å². The number of amides is 1. The lowest BCUT2D eigenvalue weighted by molar-refractivity contribution is 0.102. The van der Waals surface area contributed by atoms with Crippen LogP contribution in [-0.2, 0) is 0 Å². The van der Waals surface area contributed by atoms with E-state index in [0.717, 1.165) is 5.39 Å². The van der Waals surface area contributed by atoms with Crippen molar-refractivity contribution in [2.45, 2.75) is 0 Å². The molecule has 0 bridgehead atoms. The van der Waals surface area contributed by atoms with Gasteiger partial charge in [-0.3, -0.25) is 10.1 Å². The molecule has 2 aromatic heterocycles. The molecule has 1 N–H and O–H groups in total. The molecule has 0 aliphatic heterocycles. The summed E-state index contributed by atoms with van der Waals surface area (Å²) < 4.78 is 16.5. The van der Waals surface area contributed by atoms with Crippen molar-refractivity contribution in [2.75, 3.05) is 12.4 Å². The Hall–Kier alpha value is -4.12. The Labute approximate surface area is 153 Å². The summed E-state index contributed by atoms with van der Waals surface area (Å²) in [7, 11) is 1.56. The smallest absolute Gasteiger partial charge is 0.322 e. The summed E-state index contributed by atoms with van der Waals surface area (Å²) in [5, 5.41) is 19.9. The first-order chi connectivity index (χ1) is 13.2. The van der Waals surface area contributed by atoms with Crippen LogP contribution in [0.2, 0.25) is 0 Å². The first-order valence-electron chi connectivity index (χ1n) is 7.90. The van der Waals surface area contributed by atoms with Gasteiger partial charge in [-0.25, -0.2) is 0 Å². The van der Waals surface area contributed by atoms with Gasteiger partial charge in [0, 0.05) is 10.9 Å². The second kappa shape index (κ2) is 6.65. The molecule has 4 rings (SSSR count). The van der Waals surface area contributed by atoms with Gasteiger partial charge in [-0.1, -0.05) is 17.2 Å². The second-order valence-electron chi connectivity index (χ2n) is 5.54. The molecule has 0 aliphatic rings. The van der Waals surface area contributed by atoms with E-state index in [4.69, 9.17) is 18.8 Å². The topological polar surface area (TPSA) is 114 Å². The van der Waals surface area contributed by atoms with E-state index in [1.54, 1.807) is 31.4 Å². The van der Waals surface area contributed by atoms with Crippen LogP contribution in [0.25, 0.3) is 22.6 Å². The fraction of sp³-hybridized carbons (Fsp3) is 0.0526. The summed E-state index contributed by atoms with van der Waals surface area (Å²) in [5.41, 5.74) is 1.39. The lowest BCUT2D eigenvalue weighted by Gasteiger charge is -2.00. The Morgan fingerprint density at radius 3 is 2.70 bits per heavy atom. The van der Waals surface area contributed by atoms with Crippen LogP contribution >= 0.6 is 0 Å². The van der Waals surface area contributed by atoms with E-state index in [1.165, 1.54) is 12.1 Å². The van der Waals surface area contributed by atoms with Crippen LogP contribution in [0.4, 0.5) is 6.01 Å². The van der Waals surface area contributed by atoms with Gasteiger partial charge in [0.1, 0.15) is 0 Å². The summed E-state index contributed by atoms with van der Waals surface area (Å²) in [6.45, 7) is 0. The number of nitrogens with zero attached hydrogens (tertiary/aromatic N) is 3. The van der Waals surface area contributed by atoms with Crippen molar-refractivity contribution in [3.05, 3.63) is 59.7 Å². The van der Waals surface area contributed by atoms with Gasteiger partial charge in [-0.15, -0.1) is 5.10 Å². The molecule has 0 unspecified atom stereocenters. The summed E-state index contributed by atoms with van der Waals surface area (Å²) in [6.07, 6.45) is 0. The lowest BCUT2D eigenvalue weighted by Crippen LogP contribution is -2.11. The third-order valence-electron chi connectivity index (χ3n) is 3.86. The second-order valence-corrected chi connectivity index (χ2v) is 5.54. The van der Waals surface area contributed by atoms with Gasteiger partial charge in [0.15, 0.2) is 17.1 Å². The van der Waals surface area contributed by atoms with Crippen molar-refractivity contribution in [3.63, 3.8) is 0 Å². The predicted molar refractivity (Wildman–Crippen MR) is 95.2 cm³/mol. The number of ether oxygens (including phenoxy) is 1. The molecule has 0 fully saturated rings. The number of para-hydroxylation sites is 1. The molecule has 4 aromatic rings. The average Bonchev–Trinajstić information content (AvgIpc) is 3.34. The summed E-state index contributed by atoms with van der Waals surface area (Å²) in [4.78, 5) is 12.2. The normalized spacial score (nSPS) is 10.5. The van der Waals surface area contributed by atoms with Gasteiger partial charge in [-0.05, 0) is 36.4 Å². The van der Waals surface area contributed by atoms with Gasteiger partial charge >= 0.3 is 6.01 Å². The molecule has 0 radical (unpaired) electrons. The van der Waals surface area contributed by atoms with Crippen LogP contribution in [0.1, 0.15) is 15.9 Å². The van der Waals surface area contributed by atoms with E-state index in [-0.39, 0.29) is 11.9 Å². The molecular formula is C19H12N4O4. The molecule has 132 valence electrons. The summed E-state index contributed by atoms with van der Waals surface area (Å²) in [5.74, 6) is 0.651. The number of methoxy groups -OCH3 is 1. The van der Waals surface area contributed by atoms with Crippen LogP contribution in [0, 0.1) is 11.3 Å². The molecule has 0 spiro atoms. The van der Waals surface area contributed by atoms with Gasteiger partial charge in [0.2, 0.25) is 0 Å². The van der Waals surface area contributed by atoms with Crippen LogP contribution in [-0.4, -0.2) is 23.2 Å². The SMILES string of the molecule is COc1cccc2cc(-c3nnc(NC(=O)c4ccc(C#N)cc4)o3)oc12. The number of hydrogen-bond acceptors (Lipinski definition) is 7. The van der Waals surface area contributed by atoms with Gasteiger partial charge in [-0.2, -0.15) is 5.26 Å². The highest BCUT2D eigenvalue weighted by molar-refractivity contribution is 6.03. The van der Waals surface area contributed by atoms with E-state index in [9.17, 15) is 4.79 Å². The molecule has 0 atom stereocenters. The van der Waals surface area contributed by atoms with E-state index < -0.39 is 5.91 Å². The van der Waals surface area contributed by atoms with Crippen molar-refractivity contribution < 1.29 is 18.4 Å². The fourth-order valence-electron chi connectivity index (χ4n) is 2.54. The molecule has 27 heavy (non-hydrogen) atoms. The number of aromatic nitrogens is 2. The minimum Gasteiger partial charge on any atom is -0.493 e. The number of benzene rings is 2. The van der Waals surface area contributed by atoms with Gasteiger partial charge in [0.25, 0.3) is 11.8 Å². The van der Waals surface area contributed by atoms with E-state index in [1.807, 2.05) is 18.2 Å². The molecule has 1 amide bonds. The quantitative estimate of drug-likeness (QED) is 0.591. The van der Waals surface area contributed by atoms with Crippen molar-refractivity contribution in [1.82, 2.24) is 10.2 Å². The largest absolute Gasteiger partial charge is 0.493 e. The van der Waals surface area contributed by atoms with E-state index in [0.29, 0.717) is 28.2 Å².